The summed E-state index contributed by atoms with van der Waals surface area (Å²) in [7, 11) is 0. The van der Waals surface area contributed by atoms with Crippen molar-refractivity contribution >= 4 is 23.6 Å². The molecule has 2 aromatic rings. The molecular formula is C29H41N3O5. The van der Waals surface area contributed by atoms with Gasteiger partial charge >= 0.3 is 6.09 Å². The molecule has 2 aromatic carbocycles. The van der Waals surface area contributed by atoms with E-state index in [9.17, 15) is 19.5 Å². The van der Waals surface area contributed by atoms with E-state index in [1.54, 1.807) is 20.8 Å². The molecule has 37 heavy (non-hydrogen) atoms. The standard InChI is InChI=1S/C29H41N3O5/c1-9-15-32(27(35)23(17-33)30-28(36)37-29(6,7)8)25(22-14-13-18(2)16-21(22)5)26(34)31-24-19(3)11-10-12-20(24)4/h10-14,16,23,25,33H,9,15,17H2,1-8H3,(H,30,36)(H,31,34). The van der Waals surface area contributed by atoms with Crippen LogP contribution >= 0.6 is 0 Å². The Morgan fingerprint density at radius 2 is 1.62 bits per heavy atom. The van der Waals surface area contributed by atoms with Crippen molar-refractivity contribution in [2.45, 2.75) is 79.5 Å². The van der Waals surface area contributed by atoms with E-state index in [1.807, 2.05) is 71.0 Å². The van der Waals surface area contributed by atoms with Gasteiger partial charge in [0.2, 0.25) is 5.91 Å². The van der Waals surface area contributed by atoms with Crippen LogP contribution in [-0.4, -0.2) is 52.7 Å². The van der Waals surface area contributed by atoms with Crippen molar-refractivity contribution in [2.24, 2.45) is 0 Å². The number of anilines is 1. The number of amides is 3. The van der Waals surface area contributed by atoms with Crippen molar-refractivity contribution in [1.82, 2.24) is 10.2 Å². The summed E-state index contributed by atoms with van der Waals surface area (Å²) >= 11 is 0. The smallest absolute Gasteiger partial charge is 0.408 e. The first-order chi connectivity index (χ1) is 17.3. The van der Waals surface area contributed by atoms with Gasteiger partial charge in [0.25, 0.3) is 5.91 Å². The Morgan fingerprint density at radius 1 is 1.00 bits per heavy atom. The number of alkyl carbamates (subject to hydrolysis) is 1. The molecule has 8 heteroatoms. The molecule has 0 saturated carbocycles. The third-order valence-corrected chi connectivity index (χ3v) is 5.93. The first kappa shape index (κ1) is 29.8. The van der Waals surface area contributed by atoms with E-state index in [-0.39, 0.29) is 12.5 Å². The van der Waals surface area contributed by atoms with Crippen LogP contribution in [-0.2, 0) is 14.3 Å². The summed E-state index contributed by atoms with van der Waals surface area (Å²) in [5.74, 6) is -0.947. The first-order valence-electron chi connectivity index (χ1n) is 12.6. The number of ether oxygens (including phenoxy) is 1. The molecule has 0 aliphatic heterocycles. The highest BCUT2D eigenvalue weighted by molar-refractivity contribution is 6.00. The minimum Gasteiger partial charge on any atom is -0.444 e. The summed E-state index contributed by atoms with van der Waals surface area (Å²) in [4.78, 5) is 41.5. The fourth-order valence-electron chi connectivity index (χ4n) is 4.23. The monoisotopic (exact) mass is 511 g/mol. The van der Waals surface area contributed by atoms with Gasteiger partial charge < -0.3 is 25.4 Å². The molecule has 0 fully saturated rings. The number of aryl methyl sites for hydroxylation is 4. The minimum atomic E-state index is -1.28. The van der Waals surface area contributed by atoms with Gasteiger partial charge in [-0.05, 0) is 77.1 Å². The second-order valence-electron chi connectivity index (χ2n) is 10.4. The molecule has 2 unspecified atom stereocenters. The van der Waals surface area contributed by atoms with Gasteiger partial charge in [0.05, 0.1) is 6.61 Å². The minimum absolute atomic E-state index is 0.240. The van der Waals surface area contributed by atoms with Crippen molar-refractivity contribution in [3.8, 4) is 0 Å². The molecule has 0 bridgehead atoms. The lowest BCUT2D eigenvalue weighted by molar-refractivity contribution is -0.141. The molecule has 202 valence electrons. The van der Waals surface area contributed by atoms with E-state index >= 15 is 0 Å². The van der Waals surface area contributed by atoms with Crippen LogP contribution < -0.4 is 10.6 Å². The number of aliphatic hydroxyl groups is 1. The molecular weight excluding hydrogens is 470 g/mol. The molecule has 3 amide bonds. The molecule has 8 nitrogen and oxygen atoms in total. The van der Waals surface area contributed by atoms with Gasteiger partial charge in [-0.25, -0.2) is 4.79 Å². The van der Waals surface area contributed by atoms with Crippen molar-refractivity contribution in [1.29, 1.82) is 0 Å². The van der Waals surface area contributed by atoms with E-state index in [4.69, 9.17) is 4.74 Å². The summed E-state index contributed by atoms with van der Waals surface area (Å²) < 4.78 is 5.28. The number of para-hydroxylation sites is 1. The molecule has 0 spiro atoms. The summed E-state index contributed by atoms with van der Waals surface area (Å²) in [6, 6.07) is 9.20. The number of rotatable bonds is 9. The average molecular weight is 512 g/mol. The Balaban J connectivity index is 2.53. The zero-order valence-electron chi connectivity index (χ0n) is 23.3. The van der Waals surface area contributed by atoms with Gasteiger partial charge in [-0.15, -0.1) is 0 Å². The van der Waals surface area contributed by atoms with Gasteiger partial charge in [0, 0.05) is 12.2 Å². The molecule has 2 atom stereocenters. The zero-order chi connectivity index (χ0) is 27.9. The highest BCUT2D eigenvalue weighted by atomic mass is 16.6. The van der Waals surface area contributed by atoms with Gasteiger partial charge in [-0.2, -0.15) is 0 Å². The molecule has 0 aliphatic rings. The van der Waals surface area contributed by atoms with Crippen LogP contribution in [0, 0.1) is 27.7 Å². The van der Waals surface area contributed by atoms with Gasteiger partial charge in [-0.3, -0.25) is 9.59 Å². The third kappa shape index (κ3) is 8.05. The molecule has 3 N–H and O–H groups in total. The number of aliphatic hydroxyl groups excluding tert-OH is 1. The van der Waals surface area contributed by atoms with Gasteiger partial charge in [-0.1, -0.05) is 48.9 Å². The van der Waals surface area contributed by atoms with Crippen molar-refractivity contribution < 1.29 is 24.2 Å². The summed E-state index contributed by atoms with van der Waals surface area (Å²) in [6.07, 6.45) is -0.256. The average Bonchev–Trinajstić information content (AvgIpc) is 2.79. The van der Waals surface area contributed by atoms with E-state index in [1.165, 1.54) is 4.90 Å². The fraction of sp³-hybridized carbons (Fsp3) is 0.483. The Hall–Kier alpha value is -3.39. The van der Waals surface area contributed by atoms with Gasteiger partial charge in [0.1, 0.15) is 17.7 Å². The maximum Gasteiger partial charge on any atom is 0.408 e. The maximum atomic E-state index is 13.9. The number of hydrogen-bond donors (Lipinski definition) is 3. The number of carbonyl (C=O) groups is 3. The second-order valence-corrected chi connectivity index (χ2v) is 10.4. The molecule has 0 aliphatic carbocycles. The molecule has 0 aromatic heterocycles. The van der Waals surface area contributed by atoms with Crippen LogP contribution in [0.5, 0.6) is 0 Å². The Labute approximate surface area is 220 Å². The predicted molar refractivity (Wildman–Crippen MR) is 145 cm³/mol. The molecule has 0 saturated heterocycles. The van der Waals surface area contributed by atoms with E-state index in [0.717, 1.165) is 22.3 Å². The number of hydrogen-bond acceptors (Lipinski definition) is 5. The van der Waals surface area contributed by atoms with Crippen molar-refractivity contribution in [2.75, 3.05) is 18.5 Å². The summed E-state index contributed by atoms with van der Waals surface area (Å²) in [6.45, 7) is 14.3. The van der Waals surface area contributed by atoms with E-state index in [0.29, 0.717) is 17.7 Å². The van der Waals surface area contributed by atoms with E-state index in [2.05, 4.69) is 10.6 Å². The Bertz CT molecular complexity index is 1100. The van der Waals surface area contributed by atoms with Crippen molar-refractivity contribution in [3.63, 3.8) is 0 Å². The predicted octanol–water partition coefficient (Wildman–Crippen LogP) is 4.72. The lowest BCUT2D eigenvalue weighted by Gasteiger charge is -2.34. The lowest BCUT2D eigenvalue weighted by atomic mass is 9.96. The normalized spacial score (nSPS) is 12.9. The third-order valence-electron chi connectivity index (χ3n) is 5.93. The van der Waals surface area contributed by atoms with Crippen LogP contribution in [0.4, 0.5) is 10.5 Å². The molecule has 2 rings (SSSR count). The number of nitrogens with zero attached hydrogens (tertiary/aromatic N) is 1. The van der Waals surface area contributed by atoms with E-state index < -0.39 is 36.3 Å². The first-order valence-corrected chi connectivity index (χ1v) is 12.6. The zero-order valence-corrected chi connectivity index (χ0v) is 23.3. The van der Waals surface area contributed by atoms with Crippen molar-refractivity contribution in [3.05, 3.63) is 64.2 Å². The number of carbonyl (C=O) groups excluding carboxylic acids is 3. The Kier molecular flexibility index (Phi) is 10.3. The second kappa shape index (κ2) is 12.7. The number of nitrogens with one attached hydrogen (secondary N) is 2. The number of benzene rings is 2. The lowest BCUT2D eigenvalue weighted by Crippen LogP contribution is -2.54. The highest BCUT2D eigenvalue weighted by Gasteiger charge is 2.36. The molecule has 0 radical (unpaired) electrons. The van der Waals surface area contributed by atoms with Crippen LogP contribution in [0.2, 0.25) is 0 Å². The van der Waals surface area contributed by atoms with Crippen LogP contribution in [0.3, 0.4) is 0 Å². The summed E-state index contributed by atoms with van der Waals surface area (Å²) in [5.41, 5.74) is 4.28. The summed E-state index contributed by atoms with van der Waals surface area (Å²) in [5, 5.41) is 15.5. The van der Waals surface area contributed by atoms with Crippen LogP contribution in [0.1, 0.15) is 68.0 Å². The van der Waals surface area contributed by atoms with Gasteiger partial charge in [0.15, 0.2) is 0 Å². The van der Waals surface area contributed by atoms with Crippen LogP contribution in [0.25, 0.3) is 0 Å². The quantitative estimate of drug-likeness (QED) is 0.451. The molecule has 0 heterocycles. The maximum absolute atomic E-state index is 13.9. The fourth-order valence-corrected chi connectivity index (χ4v) is 4.23. The largest absolute Gasteiger partial charge is 0.444 e. The topological polar surface area (TPSA) is 108 Å². The highest BCUT2D eigenvalue weighted by Crippen LogP contribution is 2.29. The SMILES string of the molecule is CCCN(C(=O)C(CO)NC(=O)OC(C)(C)C)C(C(=O)Nc1c(C)cccc1C)c1ccc(C)cc1C. The Morgan fingerprint density at radius 3 is 2.14 bits per heavy atom. The van der Waals surface area contributed by atoms with Crippen LogP contribution in [0.15, 0.2) is 36.4 Å².